The zero-order valence-electron chi connectivity index (χ0n) is 14.0. The van der Waals surface area contributed by atoms with E-state index in [0.717, 1.165) is 18.9 Å². The van der Waals surface area contributed by atoms with Crippen molar-refractivity contribution in [2.75, 3.05) is 25.1 Å². The summed E-state index contributed by atoms with van der Waals surface area (Å²) in [4.78, 5) is 1.80. The first-order valence-electron chi connectivity index (χ1n) is 7.76. The van der Waals surface area contributed by atoms with Crippen LogP contribution in [0.1, 0.15) is 44.7 Å². The van der Waals surface area contributed by atoms with Gasteiger partial charge in [0, 0.05) is 25.3 Å². The molecule has 2 nitrogen and oxygen atoms in total. The maximum atomic E-state index is 13.2. The lowest BCUT2D eigenvalue weighted by molar-refractivity contribution is -0.138. The average Bonchev–Trinajstić information content (AvgIpc) is 2.46. The molecule has 1 atom stereocenters. The number of anilines is 1. The number of hydrogen-bond donors (Lipinski definition) is 0. The molecule has 0 aliphatic heterocycles. The molecule has 0 radical (unpaired) electrons. The fourth-order valence-corrected chi connectivity index (χ4v) is 2.20. The minimum absolute atomic E-state index is 0.242. The van der Waals surface area contributed by atoms with Crippen molar-refractivity contribution in [3.8, 4) is 5.75 Å². The van der Waals surface area contributed by atoms with E-state index in [9.17, 15) is 13.2 Å². The molecule has 0 bridgehead atoms. The lowest BCUT2D eigenvalue weighted by Crippen LogP contribution is -2.19. The summed E-state index contributed by atoms with van der Waals surface area (Å²) in [5.74, 6) is 0.793. The summed E-state index contributed by atoms with van der Waals surface area (Å²) in [5.41, 5.74) is 0.186. The smallest absolute Gasteiger partial charge is 0.416 e. The Balaban J connectivity index is 3.07. The average molecular weight is 317 g/mol. The van der Waals surface area contributed by atoms with Gasteiger partial charge >= 0.3 is 6.18 Å². The summed E-state index contributed by atoms with van der Waals surface area (Å²) >= 11 is 0. The molecular formula is C17H26F3NO. The van der Waals surface area contributed by atoms with Crippen molar-refractivity contribution in [1.82, 2.24) is 0 Å². The van der Waals surface area contributed by atoms with Gasteiger partial charge in [-0.3, -0.25) is 0 Å². The Kier molecular flexibility index (Phi) is 6.57. The van der Waals surface area contributed by atoms with Gasteiger partial charge in [-0.15, -0.1) is 0 Å². The molecule has 0 saturated carbocycles. The Bertz CT molecular complexity index is 486. The molecular weight excluding hydrogens is 291 g/mol. The lowest BCUT2D eigenvalue weighted by atomic mass is 10.0. The summed E-state index contributed by atoms with van der Waals surface area (Å²) in [6.45, 7) is 8.68. The van der Waals surface area contributed by atoms with E-state index < -0.39 is 11.7 Å². The van der Waals surface area contributed by atoms with Gasteiger partial charge in [-0.05, 0) is 37.8 Å². The summed E-state index contributed by atoms with van der Waals surface area (Å²) in [7, 11) is 1.78. The van der Waals surface area contributed by atoms with Crippen LogP contribution in [-0.4, -0.2) is 20.2 Å². The molecule has 1 rings (SSSR count). The highest BCUT2D eigenvalue weighted by Crippen LogP contribution is 2.38. The van der Waals surface area contributed by atoms with E-state index in [1.807, 2.05) is 6.92 Å². The number of nitrogens with zero attached hydrogens (tertiary/aromatic N) is 1. The number of hydrogen-bond acceptors (Lipinski definition) is 2. The van der Waals surface area contributed by atoms with E-state index in [4.69, 9.17) is 4.74 Å². The first-order chi connectivity index (χ1) is 10.2. The standard InChI is InChI=1S/C17H26F3NO/c1-6-12(3)8-9-22-14-10-15(17(18,19)20)13(4)16(11-14)21(5)7-2/h10-12H,6-9H2,1-5H3. The first kappa shape index (κ1) is 18.7. The Morgan fingerprint density at radius 1 is 1.23 bits per heavy atom. The topological polar surface area (TPSA) is 12.5 Å². The quantitative estimate of drug-likeness (QED) is 0.678. The number of ether oxygens (including phenoxy) is 1. The van der Waals surface area contributed by atoms with Crippen LogP contribution in [0.4, 0.5) is 18.9 Å². The lowest BCUT2D eigenvalue weighted by Gasteiger charge is -2.23. The second kappa shape index (κ2) is 7.75. The number of benzene rings is 1. The molecule has 0 spiro atoms. The van der Waals surface area contributed by atoms with Crippen LogP contribution in [0.25, 0.3) is 0 Å². The Morgan fingerprint density at radius 3 is 2.36 bits per heavy atom. The molecule has 1 aromatic rings. The van der Waals surface area contributed by atoms with Crippen LogP contribution in [0.5, 0.6) is 5.75 Å². The second-order valence-corrected chi connectivity index (χ2v) is 5.78. The van der Waals surface area contributed by atoms with Crippen LogP contribution in [0.15, 0.2) is 12.1 Å². The van der Waals surface area contributed by atoms with Crippen LogP contribution >= 0.6 is 0 Å². The van der Waals surface area contributed by atoms with Gasteiger partial charge in [0.25, 0.3) is 0 Å². The van der Waals surface area contributed by atoms with Gasteiger partial charge in [0.15, 0.2) is 0 Å². The number of halogens is 3. The van der Waals surface area contributed by atoms with Crippen LogP contribution in [0.2, 0.25) is 0 Å². The predicted molar refractivity (Wildman–Crippen MR) is 84.7 cm³/mol. The first-order valence-corrected chi connectivity index (χ1v) is 7.76. The van der Waals surface area contributed by atoms with Crippen LogP contribution in [-0.2, 0) is 6.18 Å². The highest BCUT2D eigenvalue weighted by molar-refractivity contribution is 5.60. The Morgan fingerprint density at radius 2 is 1.86 bits per heavy atom. The predicted octanol–water partition coefficient (Wildman–Crippen LogP) is 5.28. The third-order valence-corrected chi connectivity index (χ3v) is 4.12. The van der Waals surface area contributed by atoms with E-state index >= 15 is 0 Å². The maximum Gasteiger partial charge on any atom is 0.416 e. The Hall–Kier alpha value is -1.39. The number of alkyl halides is 3. The summed E-state index contributed by atoms with van der Waals surface area (Å²) in [6, 6.07) is 2.81. The molecule has 0 aliphatic carbocycles. The van der Waals surface area contributed by atoms with E-state index in [1.54, 1.807) is 18.0 Å². The molecule has 1 unspecified atom stereocenters. The van der Waals surface area contributed by atoms with Crippen molar-refractivity contribution >= 4 is 5.69 Å². The van der Waals surface area contributed by atoms with Crippen molar-refractivity contribution in [1.29, 1.82) is 0 Å². The largest absolute Gasteiger partial charge is 0.493 e. The van der Waals surface area contributed by atoms with E-state index in [1.165, 1.54) is 6.92 Å². The molecule has 0 N–H and O–H groups in total. The minimum atomic E-state index is -4.37. The van der Waals surface area contributed by atoms with Crippen molar-refractivity contribution in [3.63, 3.8) is 0 Å². The monoisotopic (exact) mass is 317 g/mol. The summed E-state index contributed by atoms with van der Waals surface area (Å²) in [5, 5.41) is 0. The molecule has 0 aliphatic rings. The van der Waals surface area contributed by atoms with Crippen molar-refractivity contribution in [2.24, 2.45) is 5.92 Å². The highest BCUT2D eigenvalue weighted by Gasteiger charge is 2.34. The maximum absolute atomic E-state index is 13.2. The SMILES string of the molecule is CCC(C)CCOc1cc(N(C)CC)c(C)c(C(F)(F)F)c1. The van der Waals surface area contributed by atoms with Gasteiger partial charge < -0.3 is 9.64 Å². The number of rotatable bonds is 7. The van der Waals surface area contributed by atoms with Crippen LogP contribution in [0.3, 0.4) is 0 Å². The molecule has 0 aromatic heterocycles. The molecule has 0 heterocycles. The zero-order valence-corrected chi connectivity index (χ0v) is 14.0. The normalized spacial score (nSPS) is 13.1. The van der Waals surface area contributed by atoms with Gasteiger partial charge in [0.05, 0.1) is 12.2 Å². The van der Waals surface area contributed by atoms with Gasteiger partial charge in [0.1, 0.15) is 5.75 Å². The van der Waals surface area contributed by atoms with Gasteiger partial charge in [-0.25, -0.2) is 0 Å². The van der Waals surface area contributed by atoms with Gasteiger partial charge in [0.2, 0.25) is 0 Å². The van der Waals surface area contributed by atoms with E-state index in [0.29, 0.717) is 24.8 Å². The summed E-state index contributed by atoms with van der Waals surface area (Å²) in [6.07, 6.45) is -2.50. The van der Waals surface area contributed by atoms with Crippen molar-refractivity contribution in [2.45, 2.75) is 46.7 Å². The zero-order chi connectivity index (χ0) is 16.9. The molecule has 22 heavy (non-hydrogen) atoms. The molecule has 1 aromatic carbocycles. The molecule has 5 heteroatoms. The van der Waals surface area contributed by atoms with Crippen molar-refractivity contribution < 1.29 is 17.9 Å². The molecule has 0 amide bonds. The summed E-state index contributed by atoms with van der Waals surface area (Å²) < 4.78 is 45.2. The molecule has 0 saturated heterocycles. The third-order valence-electron chi connectivity index (χ3n) is 4.12. The highest BCUT2D eigenvalue weighted by atomic mass is 19.4. The van der Waals surface area contributed by atoms with E-state index in [2.05, 4.69) is 13.8 Å². The van der Waals surface area contributed by atoms with E-state index in [-0.39, 0.29) is 11.3 Å². The molecule has 0 fully saturated rings. The van der Waals surface area contributed by atoms with Crippen LogP contribution in [0, 0.1) is 12.8 Å². The third kappa shape index (κ3) is 4.82. The second-order valence-electron chi connectivity index (χ2n) is 5.78. The fraction of sp³-hybridized carbons (Fsp3) is 0.647. The Labute approximate surface area is 131 Å². The minimum Gasteiger partial charge on any atom is -0.493 e. The van der Waals surface area contributed by atoms with Crippen LogP contribution < -0.4 is 9.64 Å². The molecule has 126 valence electrons. The van der Waals surface area contributed by atoms with Crippen molar-refractivity contribution in [3.05, 3.63) is 23.3 Å². The van der Waals surface area contributed by atoms with Gasteiger partial charge in [-0.1, -0.05) is 20.3 Å². The fourth-order valence-electron chi connectivity index (χ4n) is 2.20. The van der Waals surface area contributed by atoms with Gasteiger partial charge in [-0.2, -0.15) is 13.2 Å².